The molecule has 0 spiro atoms. The van der Waals surface area contributed by atoms with Gasteiger partial charge in [0.1, 0.15) is 0 Å². The van der Waals surface area contributed by atoms with E-state index in [1.807, 2.05) is 35.2 Å². The van der Waals surface area contributed by atoms with Gasteiger partial charge in [0.25, 0.3) is 0 Å². The predicted octanol–water partition coefficient (Wildman–Crippen LogP) is 3.14. The van der Waals surface area contributed by atoms with Crippen molar-refractivity contribution in [2.75, 3.05) is 33.3 Å². The van der Waals surface area contributed by atoms with Crippen LogP contribution in [0.1, 0.15) is 34.3 Å². The predicted molar refractivity (Wildman–Crippen MR) is 109 cm³/mol. The minimum Gasteiger partial charge on any atom is -0.465 e. The number of amides is 1. The Kier molecular flexibility index (Phi) is 7.20. The van der Waals surface area contributed by atoms with Crippen LogP contribution in [0.15, 0.2) is 54.6 Å². The highest BCUT2D eigenvalue weighted by atomic mass is 16.5. The molecule has 148 valence electrons. The van der Waals surface area contributed by atoms with Crippen molar-refractivity contribution in [2.24, 2.45) is 0 Å². The first-order valence-electron chi connectivity index (χ1n) is 9.87. The molecular formula is C23H28N2O3. The highest BCUT2D eigenvalue weighted by molar-refractivity contribution is 5.89. The highest BCUT2D eigenvalue weighted by Crippen LogP contribution is 2.12. The molecule has 1 fully saturated rings. The molecule has 0 aliphatic carbocycles. The van der Waals surface area contributed by atoms with Crippen LogP contribution in [0.3, 0.4) is 0 Å². The molecule has 2 aromatic carbocycles. The molecule has 28 heavy (non-hydrogen) atoms. The van der Waals surface area contributed by atoms with Crippen LogP contribution in [0.25, 0.3) is 0 Å². The van der Waals surface area contributed by atoms with E-state index in [0.29, 0.717) is 12.0 Å². The third-order valence-electron chi connectivity index (χ3n) is 5.19. The first kappa shape index (κ1) is 20.1. The van der Waals surface area contributed by atoms with Crippen molar-refractivity contribution in [1.29, 1.82) is 0 Å². The van der Waals surface area contributed by atoms with Gasteiger partial charge in [-0.15, -0.1) is 0 Å². The lowest BCUT2D eigenvalue weighted by Gasteiger charge is -2.22. The van der Waals surface area contributed by atoms with Crippen molar-refractivity contribution in [2.45, 2.75) is 25.8 Å². The van der Waals surface area contributed by atoms with Crippen molar-refractivity contribution >= 4 is 11.9 Å². The average Bonchev–Trinajstić information content (AvgIpc) is 2.98. The first-order valence-corrected chi connectivity index (χ1v) is 9.87. The molecule has 1 aliphatic heterocycles. The van der Waals surface area contributed by atoms with E-state index < -0.39 is 0 Å². The Morgan fingerprint density at radius 1 is 0.893 bits per heavy atom. The van der Waals surface area contributed by atoms with E-state index in [9.17, 15) is 9.59 Å². The number of benzene rings is 2. The second-order valence-electron chi connectivity index (χ2n) is 7.18. The minimum absolute atomic E-state index is 0.244. The molecule has 0 saturated carbocycles. The zero-order chi connectivity index (χ0) is 19.8. The number of hydrogen-bond acceptors (Lipinski definition) is 4. The maximum absolute atomic E-state index is 12.6. The number of rotatable bonds is 6. The maximum atomic E-state index is 12.6. The molecule has 0 aromatic heterocycles. The van der Waals surface area contributed by atoms with Crippen LogP contribution >= 0.6 is 0 Å². The number of hydrogen-bond donors (Lipinski definition) is 0. The third-order valence-corrected chi connectivity index (χ3v) is 5.19. The summed E-state index contributed by atoms with van der Waals surface area (Å²) in [6, 6.07) is 17.7. The Labute approximate surface area is 166 Å². The number of carbonyl (C=O) groups excluding carboxylic acids is 2. The molecule has 0 N–H and O–H groups in total. The zero-order valence-corrected chi connectivity index (χ0v) is 16.5. The summed E-state index contributed by atoms with van der Waals surface area (Å²) in [5.74, 6) is -0.0703. The van der Waals surface area contributed by atoms with Crippen LogP contribution in [0.2, 0.25) is 0 Å². The van der Waals surface area contributed by atoms with E-state index >= 15 is 0 Å². The fraction of sp³-hybridized carbons (Fsp3) is 0.391. The number of aryl methyl sites for hydroxylation is 1. The molecule has 0 radical (unpaired) electrons. The number of ether oxygens (including phenoxy) is 1. The standard InChI is InChI=1S/C23H28N2O3/c1-28-23(27)21-11-8-20(9-12-21)18-24-14-5-15-25(17-16-24)22(26)13-10-19-6-3-2-4-7-19/h2-4,6-9,11-12H,5,10,13-18H2,1H3. The zero-order valence-electron chi connectivity index (χ0n) is 16.5. The van der Waals surface area contributed by atoms with Crippen LogP contribution < -0.4 is 0 Å². The topological polar surface area (TPSA) is 49.9 Å². The molecule has 5 nitrogen and oxygen atoms in total. The van der Waals surface area contributed by atoms with Gasteiger partial charge in [0.2, 0.25) is 5.91 Å². The summed E-state index contributed by atoms with van der Waals surface area (Å²) in [5, 5.41) is 0. The summed E-state index contributed by atoms with van der Waals surface area (Å²) in [5.41, 5.74) is 2.94. The van der Waals surface area contributed by atoms with Gasteiger partial charge in [0, 0.05) is 39.1 Å². The van der Waals surface area contributed by atoms with Crippen LogP contribution in [0, 0.1) is 0 Å². The van der Waals surface area contributed by atoms with E-state index in [1.54, 1.807) is 12.1 Å². The van der Waals surface area contributed by atoms with Crippen molar-refractivity contribution in [3.8, 4) is 0 Å². The maximum Gasteiger partial charge on any atom is 0.337 e. The lowest BCUT2D eigenvalue weighted by atomic mass is 10.1. The van der Waals surface area contributed by atoms with Gasteiger partial charge in [-0.1, -0.05) is 42.5 Å². The monoisotopic (exact) mass is 380 g/mol. The summed E-state index contributed by atoms with van der Waals surface area (Å²) in [4.78, 5) is 28.5. The summed E-state index contributed by atoms with van der Waals surface area (Å²) < 4.78 is 4.74. The van der Waals surface area contributed by atoms with Gasteiger partial charge in [0.15, 0.2) is 0 Å². The lowest BCUT2D eigenvalue weighted by molar-refractivity contribution is -0.131. The largest absolute Gasteiger partial charge is 0.465 e. The van der Waals surface area contributed by atoms with E-state index in [2.05, 4.69) is 17.0 Å². The molecular weight excluding hydrogens is 352 g/mol. The lowest BCUT2D eigenvalue weighted by Crippen LogP contribution is -2.35. The normalized spacial score (nSPS) is 15.1. The van der Waals surface area contributed by atoms with E-state index in [0.717, 1.165) is 51.1 Å². The third kappa shape index (κ3) is 5.67. The van der Waals surface area contributed by atoms with Gasteiger partial charge >= 0.3 is 5.97 Å². The Hall–Kier alpha value is -2.66. The molecule has 1 amide bonds. The van der Waals surface area contributed by atoms with Gasteiger partial charge in [-0.2, -0.15) is 0 Å². The van der Waals surface area contributed by atoms with E-state index in [4.69, 9.17) is 4.74 Å². The van der Waals surface area contributed by atoms with Crippen LogP contribution in [0.5, 0.6) is 0 Å². The summed E-state index contributed by atoms with van der Waals surface area (Å²) in [6.07, 6.45) is 2.35. The molecule has 2 aromatic rings. The summed E-state index contributed by atoms with van der Waals surface area (Å²) in [7, 11) is 1.39. The second kappa shape index (κ2) is 10.0. The van der Waals surface area contributed by atoms with Gasteiger partial charge in [0.05, 0.1) is 12.7 Å². The van der Waals surface area contributed by atoms with Crippen molar-refractivity contribution in [1.82, 2.24) is 9.80 Å². The molecule has 1 aliphatic rings. The summed E-state index contributed by atoms with van der Waals surface area (Å²) in [6.45, 7) is 4.27. The minimum atomic E-state index is -0.314. The Balaban J connectivity index is 1.47. The fourth-order valence-electron chi connectivity index (χ4n) is 3.55. The van der Waals surface area contributed by atoms with Crippen LogP contribution in [-0.2, 0) is 22.5 Å². The van der Waals surface area contributed by atoms with Crippen LogP contribution in [0.4, 0.5) is 0 Å². The van der Waals surface area contributed by atoms with Crippen LogP contribution in [-0.4, -0.2) is 55.0 Å². The number of methoxy groups -OCH3 is 1. The molecule has 1 saturated heterocycles. The SMILES string of the molecule is COC(=O)c1ccc(CN2CCCN(C(=O)CCc3ccccc3)CC2)cc1. The second-order valence-corrected chi connectivity index (χ2v) is 7.18. The number of nitrogens with zero attached hydrogens (tertiary/aromatic N) is 2. The van der Waals surface area contributed by atoms with Crippen molar-refractivity contribution < 1.29 is 14.3 Å². The smallest absolute Gasteiger partial charge is 0.337 e. The molecule has 0 unspecified atom stereocenters. The van der Waals surface area contributed by atoms with Crippen molar-refractivity contribution in [3.05, 3.63) is 71.3 Å². The molecule has 0 bridgehead atoms. The van der Waals surface area contributed by atoms with Gasteiger partial charge in [-0.3, -0.25) is 9.69 Å². The number of esters is 1. The quantitative estimate of drug-likeness (QED) is 0.723. The van der Waals surface area contributed by atoms with Gasteiger partial charge < -0.3 is 9.64 Å². The Bertz CT molecular complexity index is 774. The molecule has 1 heterocycles. The summed E-state index contributed by atoms with van der Waals surface area (Å²) >= 11 is 0. The molecule has 5 heteroatoms. The molecule has 3 rings (SSSR count). The first-order chi connectivity index (χ1) is 13.7. The van der Waals surface area contributed by atoms with Crippen molar-refractivity contribution in [3.63, 3.8) is 0 Å². The van der Waals surface area contributed by atoms with E-state index in [1.165, 1.54) is 12.7 Å². The van der Waals surface area contributed by atoms with Gasteiger partial charge in [-0.05, 0) is 36.1 Å². The fourth-order valence-corrected chi connectivity index (χ4v) is 3.55. The molecule has 0 atom stereocenters. The highest BCUT2D eigenvalue weighted by Gasteiger charge is 2.19. The number of carbonyl (C=O) groups is 2. The Morgan fingerprint density at radius 3 is 2.36 bits per heavy atom. The average molecular weight is 380 g/mol. The Morgan fingerprint density at radius 2 is 1.64 bits per heavy atom. The van der Waals surface area contributed by atoms with E-state index in [-0.39, 0.29) is 11.9 Å². The van der Waals surface area contributed by atoms with Gasteiger partial charge in [-0.25, -0.2) is 4.79 Å².